The van der Waals surface area contributed by atoms with Gasteiger partial charge in [-0.2, -0.15) is 0 Å². The summed E-state index contributed by atoms with van der Waals surface area (Å²) in [5, 5.41) is 0. The normalized spacial score (nSPS) is 12.7. The van der Waals surface area contributed by atoms with Gasteiger partial charge in [0.05, 0.1) is 10.6 Å². The molecule has 0 amide bonds. The van der Waals surface area contributed by atoms with Crippen molar-refractivity contribution >= 4 is 25.8 Å². The summed E-state index contributed by atoms with van der Waals surface area (Å²) in [5.41, 5.74) is 0.190. The molecule has 0 aromatic heterocycles. The van der Waals surface area contributed by atoms with Crippen LogP contribution in [0.1, 0.15) is 33.6 Å². The van der Waals surface area contributed by atoms with Gasteiger partial charge in [0.1, 0.15) is 0 Å². The third kappa shape index (κ3) is 5.21. The first-order valence-electron chi connectivity index (χ1n) is 5.69. The van der Waals surface area contributed by atoms with Crippen molar-refractivity contribution in [2.75, 3.05) is 5.75 Å². The minimum atomic E-state index is -3.12. The average molecular weight is 319 g/mol. The Bertz CT molecular complexity index is 455. The van der Waals surface area contributed by atoms with Crippen molar-refractivity contribution in [3.05, 3.63) is 28.7 Å². The van der Waals surface area contributed by atoms with Gasteiger partial charge >= 0.3 is 0 Å². The van der Waals surface area contributed by atoms with E-state index in [9.17, 15) is 8.42 Å². The lowest BCUT2D eigenvalue weighted by Crippen LogP contribution is -2.11. The van der Waals surface area contributed by atoms with Gasteiger partial charge in [-0.15, -0.1) is 0 Å². The smallest absolute Gasteiger partial charge is 0.178 e. The largest absolute Gasteiger partial charge is 0.224 e. The molecule has 0 spiro atoms. The van der Waals surface area contributed by atoms with Gasteiger partial charge in [-0.05, 0) is 42.5 Å². The molecule has 0 aliphatic rings. The van der Waals surface area contributed by atoms with Crippen LogP contribution in [0.5, 0.6) is 0 Å². The van der Waals surface area contributed by atoms with Gasteiger partial charge in [-0.3, -0.25) is 0 Å². The van der Waals surface area contributed by atoms with Crippen LogP contribution in [0.3, 0.4) is 0 Å². The quantitative estimate of drug-likeness (QED) is 0.839. The molecular formula is C13H19BrO2S. The minimum Gasteiger partial charge on any atom is -0.224 e. The first-order chi connectivity index (χ1) is 7.71. The molecule has 1 rings (SSSR count). The second-order valence-corrected chi connectivity index (χ2v) is 8.46. The summed E-state index contributed by atoms with van der Waals surface area (Å²) in [4.78, 5) is 0.412. The van der Waals surface area contributed by atoms with E-state index in [0.29, 0.717) is 11.3 Å². The molecule has 0 atom stereocenters. The van der Waals surface area contributed by atoms with Crippen LogP contribution in [0.2, 0.25) is 0 Å². The molecule has 4 heteroatoms. The molecule has 96 valence electrons. The Balaban J connectivity index is 2.66. The topological polar surface area (TPSA) is 34.1 Å². The predicted molar refractivity (Wildman–Crippen MR) is 74.9 cm³/mol. The molecule has 17 heavy (non-hydrogen) atoms. The van der Waals surface area contributed by atoms with E-state index in [-0.39, 0.29) is 11.2 Å². The van der Waals surface area contributed by atoms with Crippen LogP contribution in [0.15, 0.2) is 33.6 Å². The zero-order chi connectivity index (χ0) is 13.1. The first kappa shape index (κ1) is 14.7. The highest BCUT2D eigenvalue weighted by Gasteiger charge is 2.16. The molecule has 0 aliphatic heterocycles. The fraction of sp³-hybridized carbons (Fsp3) is 0.538. The molecule has 0 saturated heterocycles. The second kappa shape index (κ2) is 5.53. The molecule has 0 saturated carbocycles. The van der Waals surface area contributed by atoms with Crippen LogP contribution in [-0.4, -0.2) is 14.2 Å². The fourth-order valence-electron chi connectivity index (χ4n) is 1.55. The Morgan fingerprint density at radius 3 is 2.12 bits per heavy atom. The van der Waals surface area contributed by atoms with Crippen LogP contribution in [-0.2, 0) is 9.84 Å². The van der Waals surface area contributed by atoms with Crippen LogP contribution < -0.4 is 0 Å². The Kier molecular flexibility index (Phi) is 4.78. The monoisotopic (exact) mass is 318 g/mol. The second-order valence-electron chi connectivity index (χ2n) is 5.44. The molecular weight excluding hydrogens is 300 g/mol. The van der Waals surface area contributed by atoms with Crippen LogP contribution >= 0.6 is 15.9 Å². The SMILES string of the molecule is CC(C)(C)CCCS(=O)(=O)c1ccc(Br)cc1. The summed E-state index contributed by atoms with van der Waals surface area (Å²) in [6.45, 7) is 6.37. The van der Waals surface area contributed by atoms with Crippen LogP contribution in [0, 0.1) is 5.41 Å². The van der Waals surface area contributed by atoms with Crippen LogP contribution in [0.4, 0.5) is 0 Å². The van der Waals surface area contributed by atoms with Gasteiger partial charge in [-0.1, -0.05) is 36.7 Å². The molecule has 2 nitrogen and oxygen atoms in total. The van der Waals surface area contributed by atoms with Gasteiger partial charge in [0.25, 0.3) is 0 Å². The van der Waals surface area contributed by atoms with E-state index >= 15 is 0 Å². The van der Waals surface area contributed by atoms with E-state index in [1.165, 1.54) is 0 Å². The summed E-state index contributed by atoms with van der Waals surface area (Å²) < 4.78 is 24.9. The van der Waals surface area contributed by atoms with E-state index < -0.39 is 9.84 Å². The van der Waals surface area contributed by atoms with E-state index in [1.54, 1.807) is 24.3 Å². The number of benzene rings is 1. The van der Waals surface area contributed by atoms with Crippen LogP contribution in [0.25, 0.3) is 0 Å². The number of rotatable bonds is 4. The van der Waals surface area contributed by atoms with Gasteiger partial charge < -0.3 is 0 Å². The van der Waals surface area contributed by atoms with Gasteiger partial charge in [0, 0.05) is 4.47 Å². The van der Waals surface area contributed by atoms with E-state index in [1.807, 2.05) is 0 Å². The Morgan fingerprint density at radius 2 is 1.65 bits per heavy atom. The maximum absolute atomic E-state index is 12.0. The maximum Gasteiger partial charge on any atom is 0.178 e. The third-order valence-electron chi connectivity index (χ3n) is 2.51. The highest BCUT2D eigenvalue weighted by molar-refractivity contribution is 9.10. The molecule has 1 aromatic carbocycles. The van der Waals surface area contributed by atoms with Crippen molar-refractivity contribution < 1.29 is 8.42 Å². The van der Waals surface area contributed by atoms with E-state index in [0.717, 1.165) is 10.9 Å². The first-order valence-corrected chi connectivity index (χ1v) is 8.14. The van der Waals surface area contributed by atoms with Crippen molar-refractivity contribution in [2.45, 2.75) is 38.5 Å². The Hall–Kier alpha value is -0.350. The Labute approximate surface area is 112 Å². The number of halogens is 1. The van der Waals surface area contributed by atoms with Gasteiger partial charge in [0.15, 0.2) is 9.84 Å². The van der Waals surface area contributed by atoms with Gasteiger partial charge in [0.2, 0.25) is 0 Å². The van der Waals surface area contributed by atoms with Crippen molar-refractivity contribution in [1.29, 1.82) is 0 Å². The summed E-state index contributed by atoms with van der Waals surface area (Å²) in [7, 11) is -3.12. The molecule has 0 aliphatic carbocycles. The summed E-state index contributed by atoms with van der Waals surface area (Å²) in [6.07, 6.45) is 1.63. The lowest BCUT2D eigenvalue weighted by Gasteiger charge is -2.17. The number of hydrogen-bond donors (Lipinski definition) is 0. The summed E-state index contributed by atoms with van der Waals surface area (Å²) in [5.74, 6) is 0.228. The summed E-state index contributed by atoms with van der Waals surface area (Å²) >= 11 is 3.30. The molecule has 0 fully saturated rings. The van der Waals surface area contributed by atoms with E-state index in [2.05, 4.69) is 36.7 Å². The predicted octanol–water partition coefficient (Wildman–Crippen LogP) is 4.05. The Morgan fingerprint density at radius 1 is 1.12 bits per heavy atom. The molecule has 0 N–H and O–H groups in total. The molecule has 0 heterocycles. The lowest BCUT2D eigenvalue weighted by atomic mass is 9.91. The molecule has 0 bridgehead atoms. The lowest BCUT2D eigenvalue weighted by molar-refractivity contribution is 0.373. The maximum atomic E-state index is 12.0. The standard InChI is InChI=1S/C13H19BrO2S/c1-13(2,3)9-4-10-17(15,16)12-7-5-11(14)6-8-12/h5-8H,4,9-10H2,1-3H3. The highest BCUT2D eigenvalue weighted by Crippen LogP contribution is 2.23. The zero-order valence-electron chi connectivity index (χ0n) is 10.5. The average Bonchev–Trinajstić information content (AvgIpc) is 2.15. The molecule has 1 aromatic rings. The highest BCUT2D eigenvalue weighted by atomic mass is 79.9. The molecule has 0 radical (unpaired) electrons. The number of sulfone groups is 1. The zero-order valence-corrected chi connectivity index (χ0v) is 12.9. The van der Waals surface area contributed by atoms with Crippen molar-refractivity contribution in [3.63, 3.8) is 0 Å². The van der Waals surface area contributed by atoms with Crippen molar-refractivity contribution in [1.82, 2.24) is 0 Å². The molecule has 0 unspecified atom stereocenters. The number of hydrogen-bond acceptors (Lipinski definition) is 2. The van der Waals surface area contributed by atoms with E-state index in [4.69, 9.17) is 0 Å². The third-order valence-corrected chi connectivity index (χ3v) is 4.86. The van der Waals surface area contributed by atoms with Crippen molar-refractivity contribution in [2.24, 2.45) is 5.41 Å². The van der Waals surface area contributed by atoms with Gasteiger partial charge in [-0.25, -0.2) is 8.42 Å². The summed E-state index contributed by atoms with van der Waals surface area (Å²) in [6, 6.07) is 6.82. The minimum absolute atomic E-state index is 0.190. The fourth-order valence-corrected chi connectivity index (χ4v) is 3.13. The van der Waals surface area contributed by atoms with Crippen molar-refractivity contribution in [3.8, 4) is 0 Å².